The van der Waals surface area contributed by atoms with Gasteiger partial charge in [-0.2, -0.15) is 0 Å². The van der Waals surface area contributed by atoms with E-state index in [1.807, 2.05) is 32.0 Å². The molecule has 0 saturated heterocycles. The van der Waals surface area contributed by atoms with Crippen LogP contribution in [0.5, 0.6) is 5.75 Å². The van der Waals surface area contributed by atoms with Crippen LogP contribution < -0.4 is 4.74 Å². The van der Waals surface area contributed by atoms with E-state index in [1.54, 1.807) is 6.20 Å². The maximum Gasteiger partial charge on any atom is 0.292 e. The molecule has 0 unspecified atom stereocenters. The third-order valence-corrected chi connectivity index (χ3v) is 2.64. The molecule has 0 bridgehead atoms. The molecule has 90 valence electrons. The zero-order chi connectivity index (χ0) is 12.4. The maximum atomic E-state index is 5.65. The molecule has 0 radical (unpaired) electrons. The van der Waals surface area contributed by atoms with Crippen LogP contribution >= 0.6 is 27.5 Å². The van der Waals surface area contributed by atoms with Crippen LogP contribution in [0.2, 0.25) is 5.35 Å². The van der Waals surface area contributed by atoms with E-state index in [0.717, 1.165) is 15.8 Å². The van der Waals surface area contributed by atoms with Crippen molar-refractivity contribution in [2.45, 2.75) is 20.0 Å². The largest absolute Gasteiger partial charge is 0.491 e. The van der Waals surface area contributed by atoms with Gasteiger partial charge in [-0.15, -0.1) is 0 Å². The Morgan fingerprint density at radius 2 is 2.12 bits per heavy atom. The van der Waals surface area contributed by atoms with Crippen LogP contribution in [0.25, 0.3) is 11.3 Å². The number of aromatic nitrogens is 1. The first-order valence-corrected chi connectivity index (χ1v) is 6.30. The number of benzene rings is 1. The summed E-state index contributed by atoms with van der Waals surface area (Å²) in [5.41, 5.74) is 0.870. The monoisotopic (exact) mass is 315 g/mol. The average Bonchev–Trinajstić information content (AvgIpc) is 2.62. The molecular formula is C12H11BrClNO2. The van der Waals surface area contributed by atoms with Crippen molar-refractivity contribution in [3.63, 3.8) is 0 Å². The Hall–Kier alpha value is -1.00. The second-order valence-electron chi connectivity index (χ2n) is 3.82. The van der Waals surface area contributed by atoms with Crippen LogP contribution in [0.15, 0.2) is 33.3 Å². The van der Waals surface area contributed by atoms with Crippen molar-refractivity contribution in [1.29, 1.82) is 0 Å². The van der Waals surface area contributed by atoms with Crippen molar-refractivity contribution in [1.82, 2.24) is 4.98 Å². The van der Waals surface area contributed by atoms with Crippen molar-refractivity contribution in [3.8, 4) is 17.1 Å². The molecule has 0 aliphatic carbocycles. The molecule has 1 aromatic carbocycles. The lowest BCUT2D eigenvalue weighted by molar-refractivity contribution is 0.242. The van der Waals surface area contributed by atoms with E-state index in [0.29, 0.717) is 5.76 Å². The molecule has 1 aromatic heterocycles. The predicted molar refractivity (Wildman–Crippen MR) is 70.4 cm³/mol. The smallest absolute Gasteiger partial charge is 0.292 e. The topological polar surface area (TPSA) is 35.3 Å². The van der Waals surface area contributed by atoms with E-state index in [9.17, 15) is 0 Å². The highest BCUT2D eigenvalue weighted by Gasteiger charge is 2.08. The second kappa shape index (κ2) is 5.10. The second-order valence-corrected chi connectivity index (χ2v) is 5.06. The zero-order valence-corrected chi connectivity index (χ0v) is 11.7. The van der Waals surface area contributed by atoms with E-state index in [1.165, 1.54) is 0 Å². The number of rotatable bonds is 3. The SMILES string of the molecule is CC(C)Oc1cc(Br)cc(-c2cnc(Cl)o2)c1. The first kappa shape index (κ1) is 12.5. The van der Waals surface area contributed by atoms with Crippen molar-refractivity contribution < 1.29 is 9.15 Å². The minimum absolute atomic E-state index is 0.121. The maximum absolute atomic E-state index is 5.65. The molecule has 0 fully saturated rings. The molecule has 2 aromatic rings. The van der Waals surface area contributed by atoms with E-state index < -0.39 is 0 Å². The van der Waals surface area contributed by atoms with Gasteiger partial charge in [-0.25, -0.2) is 4.98 Å². The van der Waals surface area contributed by atoms with Gasteiger partial charge in [0.05, 0.1) is 12.3 Å². The van der Waals surface area contributed by atoms with Crippen LogP contribution in [0.4, 0.5) is 0 Å². The zero-order valence-electron chi connectivity index (χ0n) is 9.41. The molecule has 0 spiro atoms. The van der Waals surface area contributed by atoms with E-state index in [-0.39, 0.29) is 11.5 Å². The van der Waals surface area contributed by atoms with Gasteiger partial charge in [0.15, 0.2) is 5.76 Å². The first-order chi connectivity index (χ1) is 8.04. The van der Waals surface area contributed by atoms with Gasteiger partial charge in [-0.1, -0.05) is 15.9 Å². The number of hydrogen-bond donors (Lipinski definition) is 0. The molecule has 0 aliphatic heterocycles. The number of nitrogens with zero attached hydrogens (tertiary/aromatic N) is 1. The Labute approximate surface area is 113 Å². The summed E-state index contributed by atoms with van der Waals surface area (Å²) in [4.78, 5) is 3.86. The summed E-state index contributed by atoms with van der Waals surface area (Å²) in [5, 5.41) is 0.131. The summed E-state index contributed by atoms with van der Waals surface area (Å²) >= 11 is 9.09. The van der Waals surface area contributed by atoms with Crippen LogP contribution in [-0.2, 0) is 0 Å². The van der Waals surface area contributed by atoms with E-state index >= 15 is 0 Å². The fourth-order valence-electron chi connectivity index (χ4n) is 1.43. The van der Waals surface area contributed by atoms with Crippen LogP contribution in [0.3, 0.4) is 0 Å². The fraction of sp³-hybridized carbons (Fsp3) is 0.250. The summed E-state index contributed by atoms with van der Waals surface area (Å²) in [6.45, 7) is 3.96. The standard InChI is InChI=1S/C12H11BrClNO2/c1-7(2)16-10-4-8(3-9(13)5-10)11-6-15-12(14)17-11/h3-7H,1-2H3. The summed E-state index contributed by atoms with van der Waals surface area (Å²) in [5.74, 6) is 1.39. The van der Waals surface area contributed by atoms with Gasteiger partial charge in [-0.3, -0.25) is 0 Å². The minimum Gasteiger partial charge on any atom is -0.491 e. The molecule has 1 heterocycles. The highest BCUT2D eigenvalue weighted by molar-refractivity contribution is 9.10. The number of hydrogen-bond acceptors (Lipinski definition) is 3. The quantitative estimate of drug-likeness (QED) is 0.833. The molecule has 5 heteroatoms. The average molecular weight is 317 g/mol. The summed E-state index contributed by atoms with van der Waals surface area (Å²) in [6.07, 6.45) is 1.71. The molecule has 0 aliphatic rings. The Bertz CT molecular complexity index is 525. The van der Waals surface area contributed by atoms with Gasteiger partial charge in [0.2, 0.25) is 0 Å². The third kappa shape index (κ3) is 3.23. The lowest BCUT2D eigenvalue weighted by Crippen LogP contribution is -2.05. The minimum atomic E-state index is 0.121. The highest BCUT2D eigenvalue weighted by Crippen LogP contribution is 2.30. The lowest BCUT2D eigenvalue weighted by atomic mass is 10.2. The molecule has 0 amide bonds. The summed E-state index contributed by atoms with van der Waals surface area (Å²) in [7, 11) is 0. The Morgan fingerprint density at radius 1 is 1.35 bits per heavy atom. The normalized spacial score (nSPS) is 10.9. The van der Waals surface area contributed by atoms with Gasteiger partial charge >= 0.3 is 0 Å². The summed E-state index contributed by atoms with van der Waals surface area (Å²) in [6, 6.07) is 5.72. The van der Waals surface area contributed by atoms with E-state index in [2.05, 4.69) is 20.9 Å². The molecule has 2 rings (SSSR count). The van der Waals surface area contributed by atoms with Crippen molar-refractivity contribution in [3.05, 3.63) is 34.2 Å². The van der Waals surface area contributed by atoms with Crippen LogP contribution in [0.1, 0.15) is 13.8 Å². The number of oxazole rings is 1. The predicted octanol–water partition coefficient (Wildman–Crippen LogP) is 4.54. The van der Waals surface area contributed by atoms with Gasteiger partial charge < -0.3 is 9.15 Å². The molecule has 0 N–H and O–H groups in total. The molecule has 0 saturated carbocycles. The molecule has 17 heavy (non-hydrogen) atoms. The van der Waals surface area contributed by atoms with Crippen molar-refractivity contribution in [2.24, 2.45) is 0 Å². The van der Waals surface area contributed by atoms with Gasteiger partial charge in [-0.05, 0) is 43.6 Å². The van der Waals surface area contributed by atoms with E-state index in [4.69, 9.17) is 20.8 Å². The highest BCUT2D eigenvalue weighted by atomic mass is 79.9. The Kier molecular flexibility index (Phi) is 3.74. The van der Waals surface area contributed by atoms with Gasteiger partial charge in [0.1, 0.15) is 5.75 Å². The lowest BCUT2D eigenvalue weighted by Gasteiger charge is -2.11. The number of ether oxygens (including phenoxy) is 1. The molecule has 0 atom stereocenters. The first-order valence-electron chi connectivity index (χ1n) is 5.13. The summed E-state index contributed by atoms with van der Waals surface area (Å²) < 4.78 is 11.8. The van der Waals surface area contributed by atoms with Gasteiger partial charge in [0, 0.05) is 10.0 Å². The molecular weight excluding hydrogens is 305 g/mol. The number of halogens is 2. The Balaban J connectivity index is 2.37. The van der Waals surface area contributed by atoms with Crippen LogP contribution in [-0.4, -0.2) is 11.1 Å². The van der Waals surface area contributed by atoms with Crippen molar-refractivity contribution >= 4 is 27.5 Å². The fourth-order valence-corrected chi connectivity index (χ4v) is 2.04. The van der Waals surface area contributed by atoms with Crippen LogP contribution in [0, 0.1) is 0 Å². The molecule has 3 nitrogen and oxygen atoms in total. The van der Waals surface area contributed by atoms with Crippen molar-refractivity contribution in [2.75, 3.05) is 0 Å². The Morgan fingerprint density at radius 3 is 2.71 bits per heavy atom. The third-order valence-electron chi connectivity index (χ3n) is 2.01. The van der Waals surface area contributed by atoms with Gasteiger partial charge in [0.25, 0.3) is 5.35 Å².